The summed E-state index contributed by atoms with van der Waals surface area (Å²) in [5.74, 6) is 0.502. The van der Waals surface area contributed by atoms with Crippen molar-refractivity contribution in [3.05, 3.63) is 97.3 Å². The highest BCUT2D eigenvalue weighted by Gasteiger charge is 2.22. The van der Waals surface area contributed by atoms with Crippen LogP contribution in [0.3, 0.4) is 0 Å². The van der Waals surface area contributed by atoms with Crippen molar-refractivity contribution in [1.82, 2.24) is 9.78 Å². The van der Waals surface area contributed by atoms with Gasteiger partial charge in [-0.25, -0.2) is 4.68 Å². The van der Waals surface area contributed by atoms with Crippen molar-refractivity contribution >= 4 is 16.5 Å². The van der Waals surface area contributed by atoms with Crippen LogP contribution >= 0.6 is 0 Å². The van der Waals surface area contributed by atoms with Crippen LogP contribution in [0, 0.1) is 24.0 Å². The molecule has 4 aromatic rings. The number of aromatic nitrogens is 2. The first-order chi connectivity index (χ1) is 15.9. The molecule has 1 aromatic heterocycles. The van der Waals surface area contributed by atoms with Crippen LogP contribution in [0.1, 0.15) is 22.3 Å². The Hall–Kier alpha value is -4.04. The van der Waals surface area contributed by atoms with Gasteiger partial charge in [0.05, 0.1) is 29.2 Å². The molecule has 0 fully saturated rings. The lowest BCUT2D eigenvalue weighted by molar-refractivity contribution is -0.385. The predicted molar refractivity (Wildman–Crippen MR) is 123 cm³/mol. The van der Waals surface area contributed by atoms with Gasteiger partial charge in [0.2, 0.25) is 0 Å². The van der Waals surface area contributed by atoms with Crippen LogP contribution in [-0.4, -0.2) is 21.5 Å². The molecule has 0 saturated heterocycles. The Balaban J connectivity index is 1.73. The highest BCUT2D eigenvalue weighted by atomic mass is 16.7. The average Bonchev–Trinajstić information content (AvgIpc) is 2.82. The topological polar surface area (TPSA) is 96.5 Å². The second-order valence-corrected chi connectivity index (χ2v) is 8.14. The van der Waals surface area contributed by atoms with E-state index in [1.165, 1.54) is 16.8 Å². The molecule has 0 unspecified atom stereocenters. The van der Waals surface area contributed by atoms with Crippen molar-refractivity contribution in [2.45, 2.75) is 27.0 Å². The Morgan fingerprint density at radius 2 is 1.88 bits per heavy atom. The summed E-state index contributed by atoms with van der Waals surface area (Å²) in [6, 6.07) is 16.4. The first kappa shape index (κ1) is 20.8. The summed E-state index contributed by atoms with van der Waals surface area (Å²) >= 11 is 0. The molecule has 166 valence electrons. The van der Waals surface area contributed by atoms with Crippen molar-refractivity contribution < 1.29 is 14.4 Å². The molecule has 0 atom stereocenters. The maximum absolute atomic E-state index is 13.4. The van der Waals surface area contributed by atoms with Gasteiger partial charge in [0, 0.05) is 34.2 Å². The van der Waals surface area contributed by atoms with Gasteiger partial charge in [-0.05, 0) is 31.5 Å². The monoisotopic (exact) mass is 443 g/mol. The van der Waals surface area contributed by atoms with Crippen molar-refractivity contribution in [1.29, 1.82) is 0 Å². The number of hydrogen-bond acceptors (Lipinski definition) is 6. The number of nitro benzene ring substituents is 1. The molecule has 0 aliphatic carbocycles. The van der Waals surface area contributed by atoms with E-state index in [0.717, 1.165) is 22.1 Å². The number of hydrogen-bond donors (Lipinski definition) is 0. The van der Waals surface area contributed by atoms with Gasteiger partial charge in [0.1, 0.15) is 5.75 Å². The number of nitro groups is 1. The maximum Gasteiger partial charge on any atom is 0.274 e. The second-order valence-electron chi connectivity index (χ2n) is 8.14. The van der Waals surface area contributed by atoms with E-state index in [0.29, 0.717) is 28.0 Å². The Morgan fingerprint density at radius 3 is 2.67 bits per heavy atom. The van der Waals surface area contributed by atoms with Crippen LogP contribution in [-0.2, 0) is 17.9 Å². The van der Waals surface area contributed by atoms with Gasteiger partial charge in [-0.2, -0.15) is 5.10 Å². The van der Waals surface area contributed by atoms with Crippen LogP contribution in [0.2, 0.25) is 0 Å². The third-order valence-corrected chi connectivity index (χ3v) is 5.82. The molecule has 0 amide bonds. The zero-order valence-electron chi connectivity index (χ0n) is 18.2. The summed E-state index contributed by atoms with van der Waals surface area (Å²) in [7, 11) is 0. The lowest BCUT2D eigenvalue weighted by atomic mass is 9.99. The molecule has 5 rings (SSSR count). The molecule has 1 aliphatic rings. The van der Waals surface area contributed by atoms with Gasteiger partial charge in [-0.1, -0.05) is 35.9 Å². The summed E-state index contributed by atoms with van der Waals surface area (Å²) in [6.45, 7) is 4.30. The van der Waals surface area contributed by atoms with E-state index in [1.54, 1.807) is 6.07 Å². The van der Waals surface area contributed by atoms with Crippen molar-refractivity contribution in [2.24, 2.45) is 0 Å². The number of benzene rings is 3. The fraction of sp³-hybridized carbons (Fsp3) is 0.200. The minimum atomic E-state index is -0.462. The molecule has 0 N–H and O–H groups in total. The van der Waals surface area contributed by atoms with Gasteiger partial charge in [0.15, 0.2) is 6.79 Å². The van der Waals surface area contributed by atoms with E-state index in [4.69, 9.17) is 14.6 Å². The molecule has 0 saturated carbocycles. The number of rotatable bonds is 4. The van der Waals surface area contributed by atoms with Crippen LogP contribution in [0.15, 0.2) is 59.4 Å². The van der Waals surface area contributed by atoms with E-state index in [1.807, 2.05) is 44.2 Å². The van der Waals surface area contributed by atoms with Crippen molar-refractivity contribution in [3.8, 4) is 17.0 Å². The number of non-ortho nitro benzene ring substituents is 1. The van der Waals surface area contributed by atoms with Gasteiger partial charge in [-0.15, -0.1) is 0 Å². The number of aryl methyl sites for hydroxylation is 2. The van der Waals surface area contributed by atoms with E-state index >= 15 is 0 Å². The SMILES string of the molecule is Cc1ccc(C)c(-c2nn(Cc3cc([N+](=O)[O-])cc4c3OCOC4)c(=O)c3ccccc23)c1. The lowest BCUT2D eigenvalue weighted by Gasteiger charge is -2.21. The molecule has 0 bridgehead atoms. The zero-order chi connectivity index (χ0) is 23.1. The Kier molecular flexibility index (Phi) is 5.14. The molecule has 0 radical (unpaired) electrons. The number of nitrogens with zero attached hydrogens (tertiary/aromatic N) is 3. The minimum absolute atomic E-state index is 0.0333. The summed E-state index contributed by atoms with van der Waals surface area (Å²) in [5, 5.41) is 17.5. The summed E-state index contributed by atoms with van der Waals surface area (Å²) in [4.78, 5) is 24.4. The molecule has 8 nitrogen and oxygen atoms in total. The first-order valence-corrected chi connectivity index (χ1v) is 10.5. The van der Waals surface area contributed by atoms with Crippen LogP contribution in [0.4, 0.5) is 5.69 Å². The molecule has 2 heterocycles. The Morgan fingerprint density at radius 1 is 1.09 bits per heavy atom. The lowest BCUT2D eigenvalue weighted by Crippen LogP contribution is -2.25. The zero-order valence-corrected chi connectivity index (χ0v) is 18.2. The summed E-state index contributed by atoms with van der Waals surface area (Å²) in [5.41, 5.74) is 4.49. The molecule has 0 spiro atoms. The van der Waals surface area contributed by atoms with Crippen molar-refractivity contribution in [2.75, 3.05) is 6.79 Å². The quantitative estimate of drug-likeness (QED) is 0.340. The van der Waals surface area contributed by atoms with E-state index in [2.05, 4.69) is 6.07 Å². The van der Waals surface area contributed by atoms with E-state index in [-0.39, 0.29) is 31.2 Å². The third kappa shape index (κ3) is 3.74. The first-order valence-electron chi connectivity index (χ1n) is 10.5. The fourth-order valence-electron chi connectivity index (χ4n) is 4.20. The molecule has 8 heteroatoms. The van der Waals surface area contributed by atoms with Crippen LogP contribution < -0.4 is 10.3 Å². The molecule has 3 aromatic carbocycles. The van der Waals surface area contributed by atoms with Crippen LogP contribution in [0.25, 0.3) is 22.0 Å². The highest BCUT2D eigenvalue weighted by Crippen LogP contribution is 2.34. The number of fused-ring (bicyclic) bond motifs is 2. The van der Waals surface area contributed by atoms with Gasteiger partial charge in [-0.3, -0.25) is 14.9 Å². The standard InChI is InChI=1S/C25H21N3O5/c1-15-7-8-16(2)22(9-15)23-20-5-3-4-6-21(20)25(29)27(26-23)12-17-10-19(28(30)31)11-18-13-32-14-33-24(17)18/h3-11H,12-14H2,1-2H3. The smallest absolute Gasteiger partial charge is 0.274 e. The van der Waals surface area contributed by atoms with E-state index in [9.17, 15) is 14.9 Å². The van der Waals surface area contributed by atoms with Crippen LogP contribution in [0.5, 0.6) is 5.75 Å². The van der Waals surface area contributed by atoms with Gasteiger partial charge in [0.25, 0.3) is 11.2 Å². The molecular formula is C25H21N3O5. The van der Waals surface area contributed by atoms with Gasteiger partial charge < -0.3 is 9.47 Å². The summed E-state index contributed by atoms with van der Waals surface area (Å²) in [6.07, 6.45) is 0. The normalized spacial score (nSPS) is 12.9. The number of ether oxygens (including phenoxy) is 2. The average molecular weight is 443 g/mol. The summed E-state index contributed by atoms with van der Waals surface area (Å²) < 4.78 is 12.3. The third-order valence-electron chi connectivity index (χ3n) is 5.82. The molecular weight excluding hydrogens is 422 g/mol. The molecule has 33 heavy (non-hydrogen) atoms. The predicted octanol–water partition coefficient (Wildman–Crippen LogP) is 4.50. The van der Waals surface area contributed by atoms with E-state index < -0.39 is 4.92 Å². The largest absolute Gasteiger partial charge is 0.467 e. The molecule has 1 aliphatic heterocycles. The second kappa shape index (κ2) is 8.14. The maximum atomic E-state index is 13.4. The van der Waals surface area contributed by atoms with Gasteiger partial charge >= 0.3 is 0 Å². The highest BCUT2D eigenvalue weighted by molar-refractivity contribution is 5.94. The minimum Gasteiger partial charge on any atom is -0.467 e. The van der Waals surface area contributed by atoms with Crippen molar-refractivity contribution in [3.63, 3.8) is 0 Å². The Bertz CT molecular complexity index is 1480. The fourth-order valence-corrected chi connectivity index (χ4v) is 4.20. The Labute approximate surface area is 189 Å².